The molecule has 0 aromatic heterocycles. The molecule has 1 aromatic carbocycles. The molecule has 1 heterocycles. The molecule has 1 aliphatic rings. The van der Waals surface area contributed by atoms with Crippen molar-refractivity contribution < 1.29 is 28.7 Å². The minimum Gasteiger partial charge on any atom is -0.497 e. The summed E-state index contributed by atoms with van der Waals surface area (Å²) in [5.74, 6) is -0.802. The smallest absolute Gasteiger partial charge is 0.242 e. The fourth-order valence-electron chi connectivity index (χ4n) is 4.51. The number of Topliss-reactive ketones (excluding diaryl/α,β-unsaturated/α-hetero) is 1. The molecule has 3 N–H and O–H groups in total. The summed E-state index contributed by atoms with van der Waals surface area (Å²) in [7, 11) is 1.55. The molecule has 4 unspecified atom stereocenters. The van der Waals surface area contributed by atoms with E-state index in [-0.39, 0.29) is 37.0 Å². The Hall–Kier alpha value is -3.76. The number of benzene rings is 1. The Kier molecular flexibility index (Phi) is 14.7. The molecule has 0 radical (unpaired) electrons. The van der Waals surface area contributed by atoms with Crippen molar-refractivity contribution in [3.05, 3.63) is 66.8 Å². The van der Waals surface area contributed by atoms with Crippen LogP contribution in [0.3, 0.4) is 0 Å². The highest BCUT2D eigenvalue weighted by Crippen LogP contribution is 2.22. The SMILES string of the molecule is C=CC=C(C=C)CC(NC(=O)CC(NC(=O)C(C)NC(=O)CN1CCOCC1)c1ccc(OC)cc1)C(=O)C(C)CC. The maximum absolute atomic E-state index is 13.4. The number of carbonyl (C=O) groups is 4. The van der Waals surface area contributed by atoms with Crippen LogP contribution in [0.1, 0.15) is 51.6 Å². The number of nitrogens with zero attached hydrogens (tertiary/aromatic N) is 1. The first-order chi connectivity index (χ1) is 20.1. The maximum atomic E-state index is 13.4. The van der Waals surface area contributed by atoms with E-state index in [0.717, 1.165) is 5.57 Å². The highest BCUT2D eigenvalue weighted by Gasteiger charge is 2.28. The third kappa shape index (κ3) is 11.3. The maximum Gasteiger partial charge on any atom is 0.242 e. The van der Waals surface area contributed by atoms with Crippen LogP contribution in [0.25, 0.3) is 0 Å². The van der Waals surface area contributed by atoms with Crippen LogP contribution in [0.2, 0.25) is 0 Å². The van der Waals surface area contributed by atoms with Gasteiger partial charge in [0, 0.05) is 19.0 Å². The molecule has 0 spiro atoms. The Morgan fingerprint density at radius 1 is 1.00 bits per heavy atom. The van der Waals surface area contributed by atoms with Gasteiger partial charge in [-0.3, -0.25) is 24.1 Å². The van der Waals surface area contributed by atoms with E-state index in [1.165, 1.54) is 0 Å². The Morgan fingerprint density at radius 3 is 2.24 bits per heavy atom. The molecule has 0 aliphatic carbocycles. The molecular formula is C32H46N4O6. The summed E-state index contributed by atoms with van der Waals surface area (Å²) in [5, 5.41) is 8.53. The van der Waals surface area contributed by atoms with Gasteiger partial charge in [-0.2, -0.15) is 0 Å². The van der Waals surface area contributed by atoms with Gasteiger partial charge in [-0.15, -0.1) is 0 Å². The lowest BCUT2D eigenvalue weighted by atomic mass is 9.92. The topological polar surface area (TPSA) is 126 Å². The zero-order valence-corrected chi connectivity index (χ0v) is 25.3. The van der Waals surface area contributed by atoms with E-state index in [4.69, 9.17) is 9.47 Å². The predicted molar refractivity (Wildman–Crippen MR) is 163 cm³/mol. The van der Waals surface area contributed by atoms with Crippen molar-refractivity contribution in [1.29, 1.82) is 0 Å². The molecule has 10 nitrogen and oxygen atoms in total. The van der Waals surface area contributed by atoms with Gasteiger partial charge in [0.1, 0.15) is 11.8 Å². The number of hydrogen-bond acceptors (Lipinski definition) is 7. The van der Waals surface area contributed by atoms with Crippen molar-refractivity contribution in [2.75, 3.05) is 40.0 Å². The van der Waals surface area contributed by atoms with Gasteiger partial charge in [0.2, 0.25) is 17.7 Å². The van der Waals surface area contributed by atoms with Crippen LogP contribution in [-0.2, 0) is 23.9 Å². The molecule has 10 heteroatoms. The number of methoxy groups -OCH3 is 1. The van der Waals surface area contributed by atoms with E-state index >= 15 is 0 Å². The largest absolute Gasteiger partial charge is 0.497 e. The van der Waals surface area contributed by atoms with Crippen molar-refractivity contribution in [2.24, 2.45) is 5.92 Å². The number of ketones is 1. The summed E-state index contributed by atoms with van der Waals surface area (Å²) < 4.78 is 10.6. The van der Waals surface area contributed by atoms with Gasteiger partial charge in [-0.25, -0.2) is 0 Å². The highest BCUT2D eigenvalue weighted by molar-refractivity contribution is 5.91. The molecule has 2 rings (SSSR count). The number of allylic oxidation sites excluding steroid dienone is 3. The first-order valence-electron chi connectivity index (χ1n) is 14.4. The van der Waals surface area contributed by atoms with Crippen LogP contribution in [-0.4, -0.2) is 80.4 Å². The molecule has 3 amide bonds. The summed E-state index contributed by atoms with van der Waals surface area (Å²) in [6.07, 6.45) is 5.80. The first-order valence-corrected chi connectivity index (χ1v) is 14.4. The van der Waals surface area contributed by atoms with Crippen molar-refractivity contribution in [3.63, 3.8) is 0 Å². The molecule has 0 bridgehead atoms. The highest BCUT2D eigenvalue weighted by atomic mass is 16.5. The summed E-state index contributed by atoms with van der Waals surface area (Å²) in [5.41, 5.74) is 1.45. The van der Waals surface area contributed by atoms with Gasteiger partial charge < -0.3 is 25.4 Å². The fraction of sp³-hybridized carbons (Fsp3) is 0.500. The van der Waals surface area contributed by atoms with Crippen molar-refractivity contribution >= 4 is 23.5 Å². The van der Waals surface area contributed by atoms with Crippen LogP contribution in [0.4, 0.5) is 0 Å². The van der Waals surface area contributed by atoms with E-state index in [0.29, 0.717) is 44.0 Å². The average molecular weight is 583 g/mol. The van der Waals surface area contributed by atoms with Gasteiger partial charge in [-0.1, -0.05) is 57.4 Å². The van der Waals surface area contributed by atoms with Gasteiger partial charge in [0.05, 0.1) is 45.4 Å². The Bertz CT molecular complexity index is 1110. The van der Waals surface area contributed by atoms with E-state index < -0.39 is 29.9 Å². The number of amides is 3. The number of nitrogens with one attached hydrogen (secondary N) is 3. The van der Waals surface area contributed by atoms with Gasteiger partial charge in [-0.05, 0) is 43.0 Å². The monoisotopic (exact) mass is 582 g/mol. The number of hydrogen-bond donors (Lipinski definition) is 3. The molecule has 230 valence electrons. The molecule has 42 heavy (non-hydrogen) atoms. The van der Waals surface area contributed by atoms with Gasteiger partial charge in [0.15, 0.2) is 5.78 Å². The Morgan fingerprint density at radius 2 is 1.67 bits per heavy atom. The van der Waals surface area contributed by atoms with Crippen LogP contribution in [0.5, 0.6) is 5.75 Å². The Balaban J connectivity index is 2.17. The lowest BCUT2D eigenvalue weighted by Gasteiger charge is -2.27. The standard InChI is InChI=1S/C32H46N4O6/c1-7-10-24(9-3)19-28(31(39)22(4)8-2)34-29(37)20-27(25-11-13-26(41-6)14-12-25)35-32(40)23(5)33-30(38)21-36-15-17-42-18-16-36/h7,9-14,22-23,27-28H,1,3,8,15-21H2,2,4-6H3,(H,33,38)(H,34,37)(H,35,40). The van der Waals surface area contributed by atoms with E-state index in [1.807, 2.05) is 18.7 Å². The summed E-state index contributed by atoms with van der Waals surface area (Å²) >= 11 is 0. The molecule has 0 saturated carbocycles. The van der Waals surface area contributed by atoms with Crippen LogP contribution in [0, 0.1) is 5.92 Å². The quantitative estimate of drug-likeness (QED) is 0.241. The third-order valence-corrected chi connectivity index (χ3v) is 7.28. The molecule has 1 aliphatic heterocycles. The van der Waals surface area contributed by atoms with E-state index in [1.54, 1.807) is 56.5 Å². The molecule has 1 aromatic rings. The minimum atomic E-state index is -0.832. The summed E-state index contributed by atoms with van der Waals surface area (Å²) in [6.45, 7) is 15.5. The number of rotatable bonds is 17. The van der Waals surface area contributed by atoms with E-state index in [2.05, 4.69) is 29.1 Å². The average Bonchev–Trinajstić information content (AvgIpc) is 2.99. The minimum absolute atomic E-state index is 0.0794. The zero-order valence-electron chi connectivity index (χ0n) is 25.3. The van der Waals surface area contributed by atoms with Crippen LogP contribution < -0.4 is 20.7 Å². The van der Waals surface area contributed by atoms with Crippen molar-refractivity contribution in [2.45, 2.75) is 58.2 Å². The first kappa shape index (κ1) is 34.4. The zero-order chi connectivity index (χ0) is 31.1. The molecule has 4 atom stereocenters. The number of morpholine rings is 1. The molecule has 1 saturated heterocycles. The number of carbonyl (C=O) groups excluding carboxylic acids is 4. The second kappa shape index (κ2) is 17.9. The predicted octanol–water partition coefficient (Wildman–Crippen LogP) is 2.87. The van der Waals surface area contributed by atoms with Crippen LogP contribution in [0.15, 0.2) is 61.2 Å². The molecule has 1 fully saturated rings. The lowest BCUT2D eigenvalue weighted by molar-refractivity contribution is -0.131. The summed E-state index contributed by atoms with van der Waals surface area (Å²) in [4.78, 5) is 54.2. The fourth-order valence-corrected chi connectivity index (χ4v) is 4.51. The molecular weight excluding hydrogens is 536 g/mol. The lowest BCUT2D eigenvalue weighted by Crippen LogP contribution is -2.50. The second-order valence-corrected chi connectivity index (χ2v) is 10.4. The van der Waals surface area contributed by atoms with Crippen molar-refractivity contribution in [3.8, 4) is 5.75 Å². The Labute approximate surface area is 249 Å². The van der Waals surface area contributed by atoms with E-state index in [9.17, 15) is 19.2 Å². The second-order valence-electron chi connectivity index (χ2n) is 10.4. The number of ether oxygens (including phenoxy) is 2. The van der Waals surface area contributed by atoms with Crippen LogP contribution >= 0.6 is 0 Å². The van der Waals surface area contributed by atoms with Crippen molar-refractivity contribution in [1.82, 2.24) is 20.9 Å². The third-order valence-electron chi connectivity index (χ3n) is 7.28. The van der Waals surface area contributed by atoms with Gasteiger partial charge >= 0.3 is 0 Å². The summed E-state index contributed by atoms with van der Waals surface area (Å²) in [6, 6.07) is 4.70. The normalized spacial score (nSPS) is 16.7. The van der Waals surface area contributed by atoms with Gasteiger partial charge in [0.25, 0.3) is 0 Å².